The summed E-state index contributed by atoms with van der Waals surface area (Å²) in [6.07, 6.45) is 11.0. The number of nitrogens with zero attached hydrogens (tertiary/aromatic N) is 12. The molecule has 10 rings (SSSR count). The number of hydrogen-bond acceptors (Lipinski definition) is 20. The number of benzene rings is 2. The van der Waals surface area contributed by atoms with Crippen LogP contribution in [0, 0.1) is 13.8 Å². The molecule has 27 heteroatoms. The number of ether oxygens (including phenoxy) is 2. The minimum atomic E-state index is -3.63. The van der Waals surface area contributed by atoms with Gasteiger partial charge in [0.05, 0.1) is 57.9 Å². The molecule has 0 radical (unpaired) electrons. The zero-order chi connectivity index (χ0) is 58.5. The van der Waals surface area contributed by atoms with E-state index in [1.807, 2.05) is 0 Å². The fourth-order valence-electron chi connectivity index (χ4n) is 8.64. The summed E-state index contributed by atoms with van der Waals surface area (Å²) in [7, 11) is 0.461. The lowest BCUT2D eigenvalue weighted by Gasteiger charge is -2.32. The summed E-state index contributed by atoms with van der Waals surface area (Å²) >= 11 is 18.1. The highest BCUT2D eigenvalue weighted by atomic mass is 35.5. The standard InChI is InChI=1S/C27H37ClN8O3S.C16H25N3O.C11H13Cl2N5O2S/c1-17(2)40(37,38)26-23(16-35(5)33-26)30-25-21(28)14-29-27(32-25)31-22-12-18(3)19(13-24(22)39-20-6-7-20)15-36-10-8-34(4)9-11-36;1-12-9-15(17)16(20-14-3-4-14)10-13(12)11-19-7-5-18(2)6-8-19;1-6(2)21(19,20)10-8(5-18(3)17-10)15-9-7(12)4-14-11(13)16-9/h12-14,16-17,20H,6-11,15H2,1-5H3,(H2,29,30,31,32);9-10,14H,3-8,11,17H2,1-2H3;4-6H,1-3H3,(H,14,15,16). The number of nitrogens with one attached hydrogen (secondary N) is 3. The van der Waals surface area contributed by atoms with Crippen LogP contribution in [0.2, 0.25) is 15.3 Å². The van der Waals surface area contributed by atoms with Gasteiger partial charge in [-0.3, -0.25) is 19.2 Å². The Hall–Kier alpha value is -5.57. The van der Waals surface area contributed by atoms with Crippen LogP contribution in [-0.2, 0) is 46.9 Å². The number of nitrogens with two attached hydrogens (primary N) is 1. The molecule has 2 aliphatic heterocycles. The molecule has 4 aliphatic rings. The van der Waals surface area contributed by atoms with Crippen LogP contribution >= 0.6 is 34.8 Å². The second kappa shape index (κ2) is 26.3. The second-order valence-corrected chi connectivity index (χ2v) is 27.7. The molecular formula is C54H75Cl3N16O6S2. The molecule has 22 nitrogen and oxygen atoms in total. The summed E-state index contributed by atoms with van der Waals surface area (Å²) in [5.41, 5.74) is 13.2. The third-order valence-corrected chi connectivity index (χ3v) is 19.0. The molecule has 440 valence electrons. The molecule has 6 aromatic rings. The zero-order valence-electron chi connectivity index (χ0n) is 47.7. The Labute approximate surface area is 490 Å². The molecular weight excluding hydrogens is 1140 g/mol. The van der Waals surface area contributed by atoms with Gasteiger partial charge in [-0.25, -0.2) is 26.8 Å². The van der Waals surface area contributed by atoms with Crippen molar-refractivity contribution >= 4 is 94.8 Å². The highest BCUT2D eigenvalue weighted by Crippen LogP contribution is 2.38. The number of likely N-dealkylation sites (N-methyl/N-ethyl adjacent to an activating group) is 2. The summed E-state index contributed by atoms with van der Waals surface area (Å²) in [5, 5.41) is 16.5. The largest absolute Gasteiger partial charge is 0.488 e. The molecule has 0 amide bonds. The van der Waals surface area contributed by atoms with Crippen LogP contribution in [0.25, 0.3) is 0 Å². The van der Waals surface area contributed by atoms with Gasteiger partial charge in [0.2, 0.25) is 41.0 Å². The molecule has 0 atom stereocenters. The lowest BCUT2D eigenvalue weighted by molar-refractivity contribution is 0.148. The maximum Gasteiger partial charge on any atom is 0.229 e. The Morgan fingerprint density at radius 2 is 1.02 bits per heavy atom. The number of aromatic nitrogens is 8. The van der Waals surface area contributed by atoms with E-state index < -0.39 is 30.2 Å². The average Bonchev–Trinajstić information content (AvgIpc) is 4.51. The van der Waals surface area contributed by atoms with Crippen LogP contribution in [0.5, 0.6) is 11.5 Å². The molecule has 0 unspecified atom stereocenters. The SMILES string of the molecule is CC(C)S(=O)(=O)c1nn(C)cc1Nc1nc(Cl)ncc1Cl.Cc1cc(N)c(OC2CC2)cc1CN1CCN(C)CC1.Cc1cc(Nc2ncc(Cl)c(Nc3cn(C)nc3S(=O)(=O)C(C)C)n2)c(OC2CC2)cc1CN1CCN(C)CC1. The molecule has 81 heavy (non-hydrogen) atoms. The van der Waals surface area contributed by atoms with Crippen LogP contribution in [0.1, 0.15) is 75.6 Å². The summed E-state index contributed by atoms with van der Waals surface area (Å²) < 4.78 is 65.4. The monoisotopic (exact) mass is 1210 g/mol. The molecule has 4 fully saturated rings. The topological polar surface area (TPSA) is 249 Å². The van der Waals surface area contributed by atoms with Crippen molar-refractivity contribution in [1.82, 2.24) is 59.1 Å². The summed E-state index contributed by atoms with van der Waals surface area (Å²) in [6.45, 7) is 21.3. The first-order chi connectivity index (χ1) is 38.3. The molecule has 2 aliphatic carbocycles. The third kappa shape index (κ3) is 16.4. The van der Waals surface area contributed by atoms with Gasteiger partial charge < -0.3 is 41.0 Å². The van der Waals surface area contributed by atoms with E-state index in [4.69, 9.17) is 50.0 Å². The van der Waals surface area contributed by atoms with Gasteiger partial charge in [-0.15, -0.1) is 0 Å². The molecule has 2 aromatic carbocycles. The number of halogens is 3. The molecule has 6 heterocycles. The van der Waals surface area contributed by atoms with Gasteiger partial charge in [-0.05, 0) is 139 Å². The van der Waals surface area contributed by atoms with Crippen molar-refractivity contribution in [3.63, 3.8) is 0 Å². The number of rotatable bonds is 18. The maximum absolute atomic E-state index is 12.9. The summed E-state index contributed by atoms with van der Waals surface area (Å²) in [4.78, 5) is 26.3. The van der Waals surface area contributed by atoms with Gasteiger partial charge in [0.25, 0.3) is 0 Å². The number of sulfone groups is 2. The second-order valence-electron chi connectivity index (χ2n) is 21.7. The van der Waals surface area contributed by atoms with Crippen LogP contribution in [0.3, 0.4) is 0 Å². The molecule has 4 aromatic heterocycles. The Bertz CT molecular complexity index is 3400. The lowest BCUT2D eigenvalue weighted by Crippen LogP contribution is -2.43. The van der Waals surface area contributed by atoms with Gasteiger partial charge in [0, 0.05) is 91.9 Å². The van der Waals surface area contributed by atoms with Crippen molar-refractivity contribution in [2.24, 2.45) is 14.1 Å². The first-order valence-corrected chi connectivity index (χ1v) is 31.3. The van der Waals surface area contributed by atoms with Gasteiger partial charge in [-0.1, -0.05) is 23.2 Å². The number of piperazine rings is 2. The third-order valence-electron chi connectivity index (χ3n) is 14.1. The van der Waals surface area contributed by atoms with Gasteiger partial charge in [-0.2, -0.15) is 20.2 Å². The molecule has 2 saturated carbocycles. The predicted molar refractivity (Wildman–Crippen MR) is 320 cm³/mol. The van der Waals surface area contributed by atoms with Gasteiger partial charge in [0.1, 0.15) is 21.5 Å². The highest BCUT2D eigenvalue weighted by Gasteiger charge is 2.30. The van der Waals surface area contributed by atoms with Crippen molar-refractivity contribution < 1.29 is 26.3 Å². The molecule has 2 saturated heterocycles. The van der Waals surface area contributed by atoms with Crippen LogP contribution < -0.4 is 31.2 Å². The van der Waals surface area contributed by atoms with Crippen molar-refractivity contribution in [1.29, 1.82) is 0 Å². The number of hydrogen-bond donors (Lipinski definition) is 4. The fourth-order valence-corrected chi connectivity index (χ4v) is 11.3. The lowest BCUT2D eigenvalue weighted by atomic mass is 10.1. The number of aryl methyl sites for hydroxylation is 4. The van der Waals surface area contributed by atoms with Crippen LogP contribution in [0.4, 0.5) is 40.3 Å². The van der Waals surface area contributed by atoms with Crippen molar-refractivity contribution in [2.75, 3.05) is 88.1 Å². The first-order valence-electron chi connectivity index (χ1n) is 27.1. The summed E-state index contributed by atoms with van der Waals surface area (Å²) in [6, 6.07) is 8.41. The quantitative estimate of drug-likeness (QED) is 0.0465. The smallest absolute Gasteiger partial charge is 0.229 e. The number of nitrogen functional groups attached to an aromatic ring is 1. The molecule has 0 spiro atoms. The van der Waals surface area contributed by atoms with Gasteiger partial charge in [0.15, 0.2) is 11.6 Å². The zero-order valence-corrected chi connectivity index (χ0v) is 51.6. The Balaban J connectivity index is 0.000000176. The predicted octanol–water partition coefficient (Wildman–Crippen LogP) is 8.44. The maximum atomic E-state index is 12.9. The van der Waals surface area contributed by atoms with Crippen LogP contribution in [0.15, 0.2) is 59.1 Å². The van der Waals surface area contributed by atoms with Gasteiger partial charge >= 0.3 is 0 Å². The van der Waals surface area contributed by atoms with E-state index in [1.54, 1.807) is 48.0 Å². The Morgan fingerprint density at radius 1 is 0.593 bits per heavy atom. The van der Waals surface area contributed by atoms with E-state index in [1.165, 1.54) is 57.5 Å². The minimum Gasteiger partial charge on any atom is -0.488 e. The highest BCUT2D eigenvalue weighted by molar-refractivity contribution is 7.92. The fraction of sp³-hybridized carbons (Fsp3) is 0.519. The van der Waals surface area contributed by atoms with E-state index in [0.717, 1.165) is 107 Å². The average molecular weight is 1210 g/mol. The first kappa shape index (κ1) is 61.5. The van der Waals surface area contributed by atoms with E-state index in [0.29, 0.717) is 17.7 Å². The van der Waals surface area contributed by atoms with Crippen molar-refractivity contribution in [3.05, 3.63) is 86.6 Å². The summed E-state index contributed by atoms with van der Waals surface area (Å²) in [5.74, 6) is 2.42. The normalized spacial score (nSPS) is 16.6. The Morgan fingerprint density at radius 3 is 1.49 bits per heavy atom. The number of anilines is 7. The van der Waals surface area contributed by atoms with Crippen molar-refractivity contribution in [2.45, 2.75) is 113 Å². The van der Waals surface area contributed by atoms with Crippen LogP contribution in [-0.4, -0.2) is 165 Å². The van der Waals surface area contributed by atoms with E-state index in [2.05, 4.69) is 118 Å². The van der Waals surface area contributed by atoms with E-state index in [9.17, 15) is 16.8 Å². The van der Waals surface area contributed by atoms with Crippen molar-refractivity contribution in [3.8, 4) is 11.5 Å². The minimum absolute atomic E-state index is 0.000873. The Kier molecular flexibility index (Phi) is 20.0. The molecule has 0 bridgehead atoms. The van der Waals surface area contributed by atoms with E-state index in [-0.39, 0.29) is 48.8 Å². The van der Waals surface area contributed by atoms with E-state index >= 15 is 0 Å². The molecule has 5 N–H and O–H groups in total.